The molecule has 2 aromatic carbocycles. The van der Waals surface area contributed by atoms with Gasteiger partial charge in [-0.15, -0.1) is 0 Å². The highest BCUT2D eigenvalue weighted by Gasteiger charge is 2.17. The summed E-state index contributed by atoms with van der Waals surface area (Å²) < 4.78 is 1.99. The van der Waals surface area contributed by atoms with Crippen LogP contribution in [0.15, 0.2) is 73.3 Å². The third-order valence-electron chi connectivity index (χ3n) is 4.48. The Balaban J connectivity index is 1.62. The largest absolute Gasteiger partial charge is 0.352 e. The Morgan fingerprint density at radius 2 is 1.75 bits per heavy atom. The van der Waals surface area contributed by atoms with Crippen molar-refractivity contribution in [2.24, 2.45) is 0 Å². The van der Waals surface area contributed by atoms with E-state index < -0.39 is 0 Å². The quantitative estimate of drug-likeness (QED) is 0.635. The zero-order valence-corrected chi connectivity index (χ0v) is 15.8. The van der Waals surface area contributed by atoms with E-state index in [0.717, 1.165) is 16.7 Å². The molecule has 0 radical (unpaired) electrons. The van der Waals surface area contributed by atoms with Gasteiger partial charge in [0.1, 0.15) is 0 Å². The van der Waals surface area contributed by atoms with Gasteiger partial charge in [-0.2, -0.15) is 0 Å². The third-order valence-corrected chi connectivity index (χ3v) is 4.48. The minimum atomic E-state index is -0.347. The van der Waals surface area contributed by atoms with E-state index in [2.05, 4.69) is 15.6 Å². The molecule has 144 valence electrons. The lowest BCUT2D eigenvalue weighted by molar-refractivity contribution is -0.122. The second-order valence-corrected chi connectivity index (χ2v) is 6.65. The first-order chi connectivity index (χ1) is 13.6. The number of hydrogen-bond donors (Lipinski definition) is 2. The number of carbonyl (C=O) groups is 2. The summed E-state index contributed by atoms with van der Waals surface area (Å²) in [7, 11) is 0. The van der Waals surface area contributed by atoms with Crippen LogP contribution in [0, 0.1) is 0 Å². The molecule has 2 amide bonds. The molecule has 28 heavy (non-hydrogen) atoms. The van der Waals surface area contributed by atoms with Crippen LogP contribution in [0.5, 0.6) is 0 Å². The average Bonchev–Trinajstić information content (AvgIpc) is 3.20. The van der Waals surface area contributed by atoms with Crippen molar-refractivity contribution in [2.45, 2.75) is 32.5 Å². The summed E-state index contributed by atoms with van der Waals surface area (Å²) in [6.07, 6.45) is 5.61. The molecule has 6 nitrogen and oxygen atoms in total. The minimum absolute atomic E-state index is 0.111. The van der Waals surface area contributed by atoms with Crippen molar-refractivity contribution in [3.05, 3.63) is 90.0 Å². The van der Waals surface area contributed by atoms with Crippen LogP contribution in [0.2, 0.25) is 0 Å². The number of aromatic nitrogens is 2. The van der Waals surface area contributed by atoms with Crippen molar-refractivity contribution in [2.75, 3.05) is 0 Å². The Labute approximate surface area is 164 Å². The van der Waals surface area contributed by atoms with Crippen molar-refractivity contribution in [3.63, 3.8) is 0 Å². The number of nitrogens with zero attached hydrogens (tertiary/aromatic N) is 2. The number of imidazole rings is 1. The molecule has 0 aliphatic heterocycles. The first kappa shape index (κ1) is 19.4. The molecule has 1 atom stereocenters. The van der Waals surface area contributed by atoms with Crippen LogP contribution in [0.4, 0.5) is 0 Å². The Morgan fingerprint density at radius 1 is 1.04 bits per heavy atom. The van der Waals surface area contributed by atoms with E-state index in [1.165, 1.54) is 6.92 Å². The normalized spacial score (nSPS) is 11.6. The van der Waals surface area contributed by atoms with E-state index in [4.69, 9.17) is 0 Å². The first-order valence-corrected chi connectivity index (χ1v) is 9.23. The highest BCUT2D eigenvalue weighted by Crippen LogP contribution is 2.17. The summed E-state index contributed by atoms with van der Waals surface area (Å²) in [6.45, 7) is 2.59. The highest BCUT2D eigenvalue weighted by atomic mass is 16.2. The van der Waals surface area contributed by atoms with E-state index in [-0.39, 0.29) is 24.3 Å². The van der Waals surface area contributed by atoms with Crippen LogP contribution in [-0.4, -0.2) is 21.4 Å². The summed E-state index contributed by atoms with van der Waals surface area (Å²) in [5, 5.41) is 5.83. The summed E-state index contributed by atoms with van der Waals surface area (Å²) in [6, 6.07) is 17.2. The van der Waals surface area contributed by atoms with Gasteiger partial charge in [0.25, 0.3) is 0 Å². The molecule has 2 N–H and O–H groups in total. The van der Waals surface area contributed by atoms with E-state index in [9.17, 15) is 9.59 Å². The lowest BCUT2D eigenvalue weighted by Crippen LogP contribution is -2.32. The van der Waals surface area contributed by atoms with Gasteiger partial charge >= 0.3 is 0 Å². The maximum Gasteiger partial charge on any atom is 0.222 e. The Hall–Kier alpha value is -3.41. The summed E-state index contributed by atoms with van der Waals surface area (Å²) >= 11 is 0. The van der Waals surface area contributed by atoms with Gasteiger partial charge in [0.05, 0.1) is 18.8 Å². The highest BCUT2D eigenvalue weighted by molar-refractivity contribution is 5.79. The molecule has 0 fully saturated rings. The number of carbonyl (C=O) groups excluding carboxylic acids is 2. The van der Waals surface area contributed by atoms with Crippen molar-refractivity contribution >= 4 is 11.8 Å². The maximum atomic E-state index is 12.5. The summed E-state index contributed by atoms with van der Waals surface area (Å²) in [5.74, 6) is -0.271. The Kier molecular flexibility index (Phi) is 6.57. The van der Waals surface area contributed by atoms with Gasteiger partial charge in [-0.3, -0.25) is 9.59 Å². The van der Waals surface area contributed by atoms with Crippen molar-refractivity contribution in [3.8, 4) is 0 Å². The van der Waals surface area contributed by atoms with Crippen LogP contribution in [0.3, 0.4) is 0 Å². The SMILES string of the molecule is CC(=O)N[C@H](CC(=O)NCc1ccccc1Cn1ccnc1)c1ccccc1. The fourth-order valence-electron chi connectivity index (χ4n) is 3.10. The molecular formula is C22H24N4O2. The average molecular weight is 376 g/mol. The Bertz CT molecular complexity index is 907. The van der Waals surface area contributed by atoms with Gasteiger partial charge in [0.2, 0.25) is 11.8 Å². The number of benzene rings is 2. The molecule has 0 saturated carbocycles. The molecule has 0 spiro atoms. The molecule has 3 aromatic rings. The molecule has 0 aliphatic carbocycles. The van der Waals surface area contributed by atoms with Gasteiger partial charge in [-0.05, 0) is 16.7 Å². The molecule has 0 saturated heterocycles. The lowest BCUT2D eigenvalue weighted by Gasteiger charge is -2.18. The van der Waals surface area contributed by atoms with Crippen molar-refractivity contribution < 1.29 is 9.59 Å². The molecule has 0 unspecified atom stereocenters. The van der Waals surface area contributed by atoms with E-state index in [0.29, 0.717) is 13.1 Å². The Morgan fingerprint density at radius 3 is 2.43 bits per heavy atom. The number of nitrogens with one attached hydrogen (secondary N) is 2. The van der Waals surface area contributed by atoms with Gasteiger partial charge in [-0.1, -0.05) is 54.6 Å². The number of amides is 2. The van der Waals surface area contributed by atoms with Crippen molar-refractivity contribution in [1.29, 1.82) is 0 Å². The lowest BCUT2D eigenvalue weighted by atomic mass is 10.0. The predicted octanol–water partition coefficient (Wildman–Crippen LogP) is 2.82. The smallest absolute Gasteiger partial charge is 0.222 e. The zero-order valence-electron chi connectivity index (χ0n) is 15.8. The van der Waals surface area contributed by atoms with E-state index in [1.54, 1.807) is 12.5 Å². The third kappa shape index (κ3) is 5.54. The van der Waals surface area contributed by atoms with Crippen LogP contribution in [-0.2, 0) is 22.7 Å². The fraction of sp³-hybridized carbons (Fsp3) is 0.227. The first-order valence-electron chi connectivity index (χ1n) is 9.23. The monoisotopic (exact) mass is 376 g/mol. The standard InChI is InChI=1S/C22H24N4O2/c1-17(27)25-21(18-7-3-2-4-8-18)13-22(28)24-14-19-9-5-6-10-20(19)15-26-12-11-23-16-26/h2-12,16,21H,13-15H2,1H3,(H,24,28)(H,25,27)/t21-/m1/s1. The van der Waals surface area contributed by atoms with Crippen LogP contribution in [0.1, 0.15) is 36.1 Å². The fourth-order valence-corrected chi connectivity index (χ4v) is 3.10. The maximum absolute atomic E-state index is 12.5. The summed E-state index contributed by atoms with van der Waals surface area (Å²) in [5.41, 5.74) is 3.09. The zero-order chi connectivity index (χ0) is 19.8. The van der Waals surface area contributed by atoms with Gasteiger partial charge in [0.15, 0.2) is 0 Å². The van der Waals surface area contributed by atoms with Crippen LogP contribution in [0.25, 0.3) is 0 Å². The van der Waals surface area contributed by atoms with Gasteiger partial charge in [0, 0.05) is 32.4 Å². The van der Waals surface area contributed by atoms with Crippen LogP contribution < -0.4 is 10.6 Å². The minimum Gasteiger partial charge on any atom is -0.352 e. The molecule has 6 heteroatoms. The predicted molar refractivity (Wildman–Crippen MR) is 107 cm³/mol. The molecule has 1 aromatic heterocycles. The summed E-state index contributed by atoms with van der Waals surface area (Å²) in [4.78, 5) is 28.1. The van der Waals surface area contributed by atoms with E-state index in [1.807, 2.05) is 65.4 Å². The number of hydrogen-bond acceptors (Lipinski definition) is 3. The molecular weight excluding hydrogens is 352 g/mol. The molecule has 1 heterocycles. The van der Waals surface area contributed by atoms with Crippen LogP contribution >= 0.6 is 0 Å². The second-order valence-electron chi connectivity index (χ2n) is 6.65. The molecule has 0 aliphatic rings. The molecule has 0 bridgehead atoms. The van der Waals surface area contributed by atoms with Gasteiger partial charge in [-0.25, -0.2) is 4.98 Å². The van der Waals surface area contributed by atoms with Crippen molar-refractivity contribution in [1.82, 2.24) is 20.2 Å². The van der Waals surface area contributed by atoms with Gasteiger partial charge < -0.3 is 15.2 Å². The molecule has 3 rings (SSSR count). The topological polar surface area (TPSA) is 76.0 Å². The van der Waals surface area contributed by atoms with E-state index >= 15 is 0 Å². The second kappa shape index (κ2) is 9.50. The number of rotatable bonds is 8.